The van der Waals surface area contributed by atoms with Crippen molar-refractivity contribution < 1.29 is 33.0 Å². The molecule has 0 aliphatic carbocycles. The van der Waals surface area contributed by atoms with E-state index in [-0.39, 0.29) is 23.1 Å². The quantitative estimate of drug-likeness (QED) is 0.240. The number of aromatic nitrogens is 2. The maximum Gasteiger partial charge on any atom is 0.459 e. The lowest BCUT2D eigenvalue weighted by Crippen LogP contribution is -2.37. The van der Waals surface area contributed by atoms with Gasteiger partial charge in [0.15, 0.2) is 0 Å². The number of nitrogens with zero attached hydrogens (tertiary/aromatic N) is 1. The van der Waals surface area contributed by atoms with Crippen LogP contribution < -0.4 is 15.3 Å². The molecule has 3 rings (SSSR count). The van der Waals surface area contributed by atoms with E-state index >= 15 is 0 Å². The zero-order valence-electron chi connectivity index (χ0n) is 19.8. The maximum atomic E-state index is 13.6. The van der Waals surface area contributed by atoms with E-state index in [1.165, 1.54) is 23.8 Å². The fourth-order valence-corrected chi connectivity index (χ4v) is 5.13. The molecule has 0 amide bonds. The first-order chi connectivity index (χ1) is 16.5. The first kappa shape index (κ1) is 27.3. The second-order valence-electron chi connectivity index (χ2n) is 8.47. The zero-order chi connectivity index (χ0) is 25.8. The largest absolute Gasteiger partial charge is 0.462 e. The molecule has 0 radical (unpaired) electrons. The van der Waals surface area contributed by atoms with Gasteiger partial charge in [0, 0.05) is 12.1 Å². The van der Waals surface area contributed by atoms with Crippen molar-refractivity contribution in [2.45, 2.75) is 58.3 Å². The van der Waals surface area contributed by atoms with Crippen LogP contribution in [0.1, 0.15) is 33.9 Å². The SMILES string of the molecule is CC(C)OC(=O)[C@H](C)NP(=O)(OC[C@H]1O[C@@H](n2ccc(=S)[nH]c2=O)[C@@H](C)C1O)Oc1ccccc1. The predicted molar refractivity (Wildman–Crippen MR) is 129 cm³/mol. The topological polar surface area (TPSA) is 141 Å². The van der Waals surface area contributed by atoms with Crippen LogP contribution in [0.4, 0.5) is 0 Å². The molecule has 3 N–H and O–H groups in total. The number of para-hydroxylation sites is 1. The van der Waals surface area contributed by atoms with Crippen molar-refractivity contribution in [3.8, 4) is 5.75 Å². The van der Waals surface area contributed by atoms with Gasteiger partial charge < -0.3 is 19.1 Å². The highest BCUT2D eigenvalue weighted by molar-refractivity contribution is 7.71. The monoisotopic (exact) mass is 527 g/mol. The van der Waals surface area contributed by atoms with Gasteiger partial charge in [-0.05, 0) is 39.0 Å². The molecule has 0 saturated carbocycles. The molecular formula is C22H30N3O8PS. The Labute approximate surface area is 208 Å². The highest BCUT2D eigenvalue weighted by atomic mass is 32.1. The molecule has 0 bridgehead atoms. The molecule has 11 nitrogen and oxygen atoms in total. The average Bonchev–Trinajstić information content (AvgIpc) is 3.06. The Kier molecular flexibility index (Phi) is 9.03. The van der Waals surface area contributed by atoms with E-state index in [4.69, 9.17) is 30.7 Å². The third-order valence-electron chi connectivity index (χ3n) is 5.24. The van der Waals surface area contributed by atoms with Crippen LogP contribution in [-0.4, -0.2) is 51.6 Å². The molecule has 35 heavy (non-hydrogen) atoms. The number of aliphatic hydroxyl groups excluding tert-OH is 1. The van der Waals surface area contributed by atoms with Crippen LogP contribution in [0, 0.1) is 10.6 Å². The molecule has 1 saturated heterocycles. The number of hydrogen-bond acceptors (Lipinski definition) is 9. The van der Waals surface area contributed by atoms with E-state index in [2.05, 4.69) is 10.1 Å². The highest BCUT2D eigenvalue weighted by Gasteiger charge is 2.44. The fraction of sp³-hybridized carbons (Fsp3) is 0.500. The Morgan fingerprint density at radius 1 is 1.29 bits per heavy atom. The number of carbonyl (C=O) groups is 1. The molecule has 1 aliphatic heterocycles. The lowest BCUT2D eigenvalue weighted by molar-refractivity contribution is -0.149. The van der Waals surface area contributed by atoms with Gasteiger partial charge in [0.25, 0.3) is 0 Å². The molecule has 2 aromatic rings. The summed E-state index contributed by atoms with van der Waals surface area (Å²) in [6.07, 6.45) is -1.66. The third-order valence-corrected chi connectivity index (χ3v) is 7.13. The van der Waals surface area contributed by atoms with E-state index in [9.17, 15) is 19.3 Å². The first-order valence-corrected chi connectivity index (χ1v) is 13.1. The zero-order valence-corrected chi connectivity index (χ0v) is 21.5. The average molecular weight is 528 g/mol. The summed E-state index contributed by atoms with van der Waals surface area (Å²) in [5, 5.41) is 13.3. The summed E-state index contributed by atoms with van der Waals surface area (Å²) in [6, 6.07) is 8.83. The molecule has 1 aliphatic rings. The number of hydrogen-bond donors (Lipinski definition) is 3. The van der Waals surface area contributed by atoms with Gasteiger partial charge in [-0.3, -0.25) is 18.9 Å². The molecule has 1 aromatic carbocycles. The number of aromatic amines is 1. The van der Waals surface area contributed by atoms with Gasteiger partial charge in [0.05, 0.1) is 18.8 Å². The van der Waals surface area contributed by atoms with E-state index in [1.54, 1.807) is 51.1 Å². The molecule has 6 atom stereocenters. The van der Waals surface area contributed by atoms with Crippen molar-refractivity contribution >= 4 is 25.9 Å². The van der Waals surface area contributed by atoms with Crippen LogP contribution in [0.3, 0.4) is 0 Å². The van der Waals surface area contributed by atoms with Gasteiger partial charge in [0.1, 0.15) is 28.8 Å². The molecule has 0 spiro atoms. The molecule has 192 valence electrons. The maximum absolute atomic E-state index is 13.6. The Morgan fingerprint density at radius 3 is 2.60 bits per heavy atom. The van der Waals surface area contributed by atoms with Crippen molar-refractivity contribution in [2.24, 2.45) is 5.92 Å². The standard InChI is InChI=1S/C22H30N3O8PS/c1-13(2)31-21(27)15(4)24-34(29,33-16-8-6-5-7-9-16)30-12-17-19(26)14(3)20(32-17)25-11-10-18(35)23-22(25)28/h5-11,13-15,17,19-20,26H,12H2,1-4H3,(H,24,29)(H,23,28,35)/t14-,15-,17+,19?,20+,34?/m0/s1. The van der Waals surface area contributed by atoms with Gasteiger partial charge in [-0.15, -0.1) is 0 Å². The number of H-pyrrole nitrogens is 1. The number of ether oxygens (including phenoxy) is 2. The van der Waals surface area contributed by atoms with E-state index in [0.29, 0.717) is 0 Å². The lowest BCUT2D eigenvalue weighted by atomic mass is 10.0. The minimum atomic E-state index is -4.13. The Bertz CT molecular complexity index is 1170. The first-order valence-electron chi connectivity index (χ1n) is 11.1. The van der Waals surface area contributed by atoms with Gasteiger partial charge >= 0.3 is 19.4 Å². The van der Waals surface area contributed by atoms with Crippen LogP contribution in [-0.2, 0) is 23.4 Å². The number of rotatable bonds is 10. The van der Waals surface area contributed by atoms with E-state index < -0.39 is 49.8 Å². The normalized spacial score (nSPS) is 24.6. The summed E-state index contributed by atoms with van der Waals surface area (Å²) < 4.78 is 37.4. The second-order valence-corrected chi connectivity index (χ2v) is 10.6. The second kappa shape index (κ2) is 11.6. The Morgan fingerprint density at radius 2 is 1.97 bits per heavy atom. The van der Waals surface area contributed by atoms with Crippen molar-refractivity contribution in [3.63, 3.8) is 0 Å². The Hall–Kier alpha value is -2.34. The third kappa shape index (κ3) is 7.09. The highest BCUT2D eigenvalue weighted by Crippen LogP contribution is 2.46. The summed E-state index contributed by atoms with van der Waals surface area (Å²) in [5.74, 6) is -0.877. The van der Waals surface area contributed by atoms with Crippen molar-refractivity contribution in [3.05, 3.63) is 57.7 Å². The van der Waals surface area contributed by atoms with Crippen molar-refractivity contribution in [1.82, 2.24) is 14.6 Å². The molecular weight excluding hydrogens is 497 g/mol. The number of aliphatic hydroxyl groups is 1. The van der Waals surface area contributed by atoms with E-state index in [0.717, 1.165) is 0 Å². The molecule has 1 fully saturated rings. The molecule has 2 heterocycles. The number of esters is 1. The minimum Gasteiger partial charge on any atom is -0.462 e. The van der Waals surface area contributed by atoms with E-state index in [1.807, 2.05) is 0 Å². The summed E-state index contributed by atoms with van der Waals surface area (Å²) >= 11 is 4.96. The predicted octanol–water partition coefficient (Wildman–Crippen LogP) is 2.93. The number of carbonyl (C=O) groups excluding carboxylic acids is 1. The van der Waals surface area contributed by atoms with Crippen LogP contribution in [0.2, 0.25) is 0 Å². The number of benzene rings is 1. The fourth-order valence-electron chi connectivity index (χ4n) is 3.48. The smallest absolute Gasteiger partial charge is 0.459 e. The molecule has 13 heteroatoms. The minimum absolute atomic E-state index is 0.248. The summed E-state index contributed by atoms with van der Waals surface area (Å²) in [4.78, 5) is 27.1. The van der Waals surface area contributed by atoms with Gasteiger partial charge in [-0.2, -0.15) is 5.09 Å². The molecule has 2 unspecified atom stereocenters. The number of nitrogens with one attached hydrogen (secondary N) is 2. The van der Waals surface area contributed by atoms with Crippen LogP contribution >= 0.6 is 20.0 Å². The van der Waals surface area contributed by atoms with Gasteiger partial charge in [0.2, 0.25) is 0 Å². The lowest BCUT2D eigenvalue weighted by Gasteiger charge is -2.25. The van der Waals surface area contributed by atoms with Crippen LogP contribution in [0.5, 0.6) is 5.75 Å². The van der Waals surface area contributed by atoms with Gasteiger partial charge in [-0.25, -0.2) is 9.36 Å². The van der Waals surface area contributed by atoms with Crippen LogP contribution in [0.15, 0.2) is 47.4 Å². The van der Waals surface area contributed by atoms with Crippen molar-refractivity contribution in [2.75, 3.05) is 6.61 Å². The summed E-state index contributed by atoms with van der Waals surface area (Å²) in [7, 11) is -4.13. The summed E-state index contributed by atoms with van der Waals surface area (Å²) in [6.45, 7) is 6.24. The molecule has 1 aromatic heterocycles. The summed E-state index contributed by atoms with van der Waals surface area (Å²) in [5.41, 5.74) is -0.486. The van der Waals surface area contributed by atoms with Crippen molar-refractivity contribution in [1.29, 1.82) is 0 Å². The van der Waals surface area contributed by atoms with Crippen LogP contribution in [0.25, 0.3) is 0 Å². The van der Waals surface area contributed by atoms with Gasteiger partial charge in [-0.1, -0.05) is 37.3 Å². The Balaban J connectivity index is 1.75.